The molecule has 92 valence electrons. The number of nitrogens with zero attached hydrogens (tertiary/aromatic N) is 2. The van der Waals surface area contributed by atoms with Gasteiger partial charge in [-0.2, -0.15) is 0 Å². The third kappa shape index (κ3) is 2.77. The van der Waals surface area contributed by atoms with Gasteiger partial charge in [-0.1, -0.05) is 6.92 Å². The quantitative estimate of drug-likeness (QED) is 0.835. The molecule has 0 saturated carbocycles. The van der Waals surface area contributed by atoms with Gasteiger partial charge >= 0.3 is 0 Å². The van der Waals surface area contributed by atoms with E-state index in [1.807, 2.05) is 4.90 Å². The van der Waals surface area contributed by atoms with Gasteiger partial charge in [0.15, 0.2) is 0 Å². The number of piperazine rings is 1. The van der Waals surface area contributed by atoms with Gasteiger partial charge in [-0.05, 0) is 30.8 Å². The van der Waals surface area contributed by atoms with Crippen LogP contribution in [0.4, 0.5) is 0 Å². The molecule has 1 heterocycles. The van der Waals surface area contributed by atoms with Crippen LogP contribution in [0.25, 0.3) is 0 Å². The molecule has 1 N–H and O–H groups in total. The van der Waals surface area contributed by atoms with E-state index in [1.54, 1.807) is 24.3 Å². The van der Waals surface area contributed by atoms with E-state index >= 15 is 0 Å². The summed E-state index contributed by atoms with van der Waals surface area (Å²) in [5.74, 6) is 0.248. The van der Waals surface area contributed by atoms with E-state index in [0.717, 1.165) is 32.7 Å². The normalized spacial score (nSPS) is 17.1. The van der Waals surface area contributed by atoms with Crippen LogP contribution in [0.2, 0.25) is 0 Å². The average molecular weight is 234 g/mol. The Labute approximate surface area is 101 Å². The predicted octanol–water partition coefficient (Wildman–Crippen LogP) is 1.17. The first-order valence-electron chi connectivity index (χ1n) is 6.01. The van der Waals surface area contributed by atoms with Crippen LogP contribution >= 0.6 is 0 Å². The Morgan fingerprint density at radius 1 is 1.18 bits per heavy atom. The van der Waals surface area contributed by atoms with Crippen molar-refractivity contribution >= 4 is 5.91 Å². The summed E-state index contributed by atoms with van der Waals surface area (Å²) in [5, 5.41) is 9.18. The summed E-state index contributed by atoms with van der Waals surface area (Å²) >= 11 is 0. The molecule has 17 heavy (non-hydrogen) atoms. The predicted molar refractivity (Wildman–Crippen MR) is 66.1 cm³/mol. The second-order valence-corrected chi connectivity index (χ2v) is 4.27. The first-order valence-corrected chi connectivity index (χ1v) is 6.01. The Hall–Kier alpha value is -1.55. The summed E-state index contributed by atoms with van der Waals surface area (Å²) in [6.07, 6.45) is 0. The maximum atomic E-state index is 12.1. The Morgan fingerprint density at radius 2 is 1.76 bits per heavy atom. The Morgan fingerprint density at radius 3 is 2.29 bits per heavy atom. The number of carbonyl (C=O) groups excluding carboxylic acids is 1. The molecule has 1 aliphatic heterocycles. The van der Waals surface area contributed by atoms with Crippen LogP contribution in [-0.4, -0.2) is 53.5 Å². The first kappa shape index (κ1) is 11.9. The molecule has 0 unspecified atom stereocenters. The van der Waals surface area contributed by atoms with E-state index in [1.165, 1.54) is 0 Å². The van der Waals surface area contributed by atoms with Crippen molar-refractivity contribution in [1.29, 1.82) is 0 Å². The summed E-state index contributed by atoms with van der Waals surface area (Å²) in [7, 11) is 0. The zero-order valence-corrected chi connectivity index (χ0v) is 10.1. The van der Waals surface area contributed by atoms with Crippen molar-refractivity contribution in [1.82, 2.24) is 9.80 Å². The van der Waals surface area contributed by atoms with E-state index < -0.39 is 0 Å². The molecule has 0 atom stereocenters. The molecule has 1 fully saturated rings. The topological polar surface area (TPSA) is 43.8 Å². The highest BCUT2D eigenvalue weighted by Crippen LogP contribution is 2.13. The molecule has 0 radical (unpaired) electrons. The number of phenols is 1. The van der Waals surface area contributed by atoms with Crippen LogP contribution in [0.3, 0.4) is 0 Å². The molecular weight excluding hydrogens is 216 g/mol. The molecule has 1 aromatic rings. The molecule has 0 spiro atoms. The summed E-state index contributed by atoms with van der Waals surface area (Å²) in [6, 6.07) is 6.44. The highest BCUT2D eigenvalue weighted by Gasteiger charge is 2.20. The minimum Gasteiger partial charge on any atom is -0.508 e. The highest BCUT2D eigenvalue weighted by atomic mass is 16.3. The number of likely N-dealkylation sites (N-methyl/N-ethyl adjacent to an activating group) is 1. The second kappa shape index (κ2) is 5.19. The van der Waals surface area contributed by atoms with Crippen LogP contribution in [0, 0.1) is 0 Å². The first-order chi connectivity index (χ1) is 8.20. The Bertz CT molecular complexity index is 381. The molecular formula is C13H18N2O2. The van der Waals surface area contributed by atoms with Crippen molar-refractivity contribution < 1.29 is 9.90 Å². The maximum absolute atomic E-state index is 12.1. The minimum atomic E-state index is 0.0563. The van der Waals surface area contributed by atoms with Gasteiger partial charge in [-0.25, -0.2) is 0 Å². The van der Waals surface area contributed by atoms with Gasteiger partial charge in [0.2, 0.25) is 0 Å². The lowest BCUT2D eigenvalue weighted by molar-refractivity contribution is 0.0643. The van der Waals surface area contributed by atoms with Crippen LogP contribution in [0.15, 0.2) is 24.3 Å². The molecule has 1 saturated heterocycles. The lowest BCUT2D eigenvalue weighted by Crippen LogP contribution is -2.48. The zero-order chi connectivity index (χ0) is 12.3. The average Bonchev–Trinajstić information content (AvgIpc) is 2.39. The zero-order valence-electron chi connectivity index (χ0n) is 10.1. The molecule has 1 aromatic carbocycles. The van der Waals surface area contributed by atoms with Gasteiger partial charge in [0.05, 0.1) is 0 Å². The summed E-state index contributed by atoms with van der Waals surface area (Å²) in [6.45, 7) is 6.64. The van der Waals surface area contributed by atoms with Crippen molar-refractivity contribution in [3.8, 4) is 5.75 Å². The van der Waals surface area contributed by atoms with Crippen molar-refractivity contribution in [2.75, 3.05) is 32.7 Å². The second-order valence-electron chi connectivity index (χ2n) is 4.27. The van der Waals surface area contributed by atoms with Gasteiger partial charge in [0.25, 0.3) is 5.91 Å². The molecule has 0 bridgehead atoms. The Kier molecular flexibility index (Phi) is 3.64. The minimum absolute atomic E-state index is 0.0563. The number of amides is 1. The molecule has 0 aromatic heterocycles. The van der Waals surface area contributed by atoms with Crippen molar-refractivity contribution in [3.05, 3.63) is 29.8 Å². The van der Waals surface area contributed by atoms with Crippen molar-refractivity contribution in [2.24, 2.45) is 0 Å². The van der Waals surface area contributed by atoms with Gasteiger partial charge < -0.3 is 14.9 Å². The van der Waals surface area contributed by atoms with Crippen molar-refractivity contribution in [2.45, 2.75) is 6.92 Å². The van der Waals surface area contributed by atoms with Crippen LogP contribution in [0.5, 0.6) is 5.75 Å². The molecule has 1 amide bonds. The molecule has 1 aliphatic rings. The van der Waals surface area contributed by atoms with E-state index in [2.05, 4.69) is 11.8 Å². The van der Waals surface area contributed by atoms with Gasteiger partial charge in [-0.15, -0.1) is 0 Å². The third-order valence-electron chi connectivity index (χ3n) is 3.22. The van der Waals surface area contributed by atoms with Gasteiger partial charge in [0.1, 0.15) is 5.75 Å². The lowest BCUT2D eigenvalue weighted by atomic mass is 10.1. The lowest BCUT2D eigenvalue weighted by Gasteiger charge is -2.34. The largest absolute Gasteiger partial charge is 0.508 e. The monoisotopic (exact) mass is 234 g/mol. The van der Waals surface area contributed by atoms with E-state index in [4.69, 9.17) is 0 Å². The third-order valence-corrected chi connectivity index (χ3v) is 3.22. The number of phenolic OH excluding ortho intramolecular Hbond substituents is 1. The number of benzene rings is 1. The van der Waals surface area contributed by atoms with Gasteiger partial charge in [-0.3, -0.25) is 4.79 Å². The number of aromatic hydroxyl groups is 1. The number of hydrogen-bond acceptors (Lipinski definition) is 3. The van der Waals surface area contributed by atoms with Crippen LogP contribution in [0.1, 0.15) is 17.3 Å². The van der Waals surface area contributed by atoms with Gasteiger partial charge in [0, 0.05) is 31.7 Å². The molecule has 4 heteroatoms. The fourth-order valence-corrected chi connectivity index (χ4v) is 2.05. The van der Waals surface area contributed by atoms with Crippen LogP contribution < -0.4 is 0 Å². The molecule has 0 aliphatic carbocycles. The van der Waals surface area contributed by atoms with E-state index in [0.29, 0.717) is 5.56 Å². The number of hydrogen-bond donors (Lipinski definition) is 1. The van der Waals surface area contributed by atoms with Crippen LogP contribution in [-0.2, 0) is 0 Å². The molecule has 4 nitrogen and oxygen atoms in total. The number of carbonyl (C=O) groups is 1. The summed E-state index contributed by atoms with van der Waals surface area (Å²) < 4.78 is 0. The smallest absolute Gasteiger partial charge is 0.253 e. The number of rotatable bonds is 2. The molecule has 2 rings (SSSR count). The van der Waals surface area contributed by atoms with E-state index in [-0.39, 0.29) is 11.7 Å². The SMILES string of the molecule is CCN1CCN(C(=O)c2ccc(O)cc2)CC1. The standard InChI is InChI=1S/C13H18N2O2/c1-2-14-7-9-15(10-8-14)13(17)11-3-5-12(16)6-4-11/h3-6,16H,2,7-10H2,1H3. The summed E-state index contributed by atoms with van der Waals surface area (Å²) in [4.78, 5) is 16.3. The van der Waals surface area contributed by atoms with E-state index in [9.17, 15) is 9.90 Å². The fourth-order valence-electron chi connectivity index (χ4n) is 2.05. The Balaban J connectivity index is 1.99. The van der Waals surface area contributed by atoms with Crippen molar-refractivity contribution in [3.63, 3.8) is 0 Å². The fraction of sp³-hybridized carbons (Fsp3) is 0.462. The highest BCUT2D eigenvalue weighted by molar-refractivity contribution is 5.94. The summed E-state index contributed by atoms with van der Waals surface area (Å²) in [5.41, 5.74) is 0.646. The maximum Gasteiger partial charge on any atom is 0.253 e.